The van der Waals surface area contributed by atoms with Gasteiger partial charge >= 0.3 is 19.8 Å². The fourth-order valence-corrected chi connectivity index (χ4v) is 6.99. The first-order valence-electron chi connectivity index (χ1n) is 23.3. The van der Waals surface area contributed by atoms with Gasteiger partial charge in [0, 0.05) is 12.8 Å². The van der Waals surface area contributed by atoms with Crippen LogP contribution in [0, 0.1) is 0 Å². The van der Waals surface area contributed by atoms with E-state index in [2.05, 4.69) is 54.8 Å². The van der Waals surface area contributed by atoms with Crippen molar-refractivity contribution in [2.45, 2.75) is 238 Å². The van der Waals surface area contributed by atoms with Crippen LogP contribution in [0.25, 0.3) is 0 Å². The molecule has 0 radical (unpaired) electrons. The first-order chi connectivity index (χ1) is 27.3. The van der Waals surface area contributed by atoms with Crippen LogP contribution in [0.15, 0.2) is 36.5 Å². The van der Waals surface area contributed by atoms with Gasteiger partial charge in [-0.25, -0.2) is 4.57 Å². The molecule has 0 aromatic rings. The summed E-state index contributed by atoms with van der Waals surface area (Å²) >= 11 is 0. The highest BCUT2D eigenvalue weighted by atomic mass is 31.2. The second-order valence-electron chi connectivity index (χ2n) is 15.7. The van der Waals surface area contributed by atoms with Gasteiger partial charge in [-0.3, -0.25) is 14.1 Å². The van der Waals surface area contributed by atoms with E-state index < -0.39 is 32.5 Å². The average molecular weight is 811 g/mol. The van der Waals surface area contributed by atoms with E-state index in [0.717, 1.165) is 64.2 Å². The molecule has 1 atom stereocenters. The SMILES string of the molecule is CCCCCCC/C=C\C/C=C\CCCCCCCCCCCC(=O)OC(COC(=O)CCCCCCCCC/C=C\CCCCCCCC)COP(=O)(O)O. The van der Waals surface area contributed by atoms with E-state index in [0.29, 0.717) is 6.42 Å². The van der Waals surface area contributed by atoms with Gasteiger partial charge in [0.15, 0.2) is 6.10 Å². The third-order valence-corrected chi connectivity index (χ3v) is 10.6. The first-order valence-corrected chi connectivity index (χ1v) is 24.8. The molecule has 0 spiro atoms. The molecule has 56 heavy (non-hydrogen) atoms. The Labute approximate surface area is 344 Å². The fourth-order valence-electron chi connectivity index (χ4n) is 6.63. The van der Waals surface area contributed by atoms with Crippen molar-refractivity contribution in [3.8, 4) is 0 Å². The summed E-state index contributed by atoms with van der Waals surface area (Å²) in [5, 5.41) is 0. The highest BCUT2D eigenvalue weighted by molar-refractivity contribution is 7.46. The molecule has 0 aliphatic rings. The Morgan fingerprint density at radius 2 is 0.804 bits per heavy atom. The molecule has 0 aliphatic carbocycles. The lowest BCUT2D eigenvalue weighted by Crippen LogP contribution is -2.29. The van der Waals surface area contributed by atoms with Crippen LogP contribution in [0.1, 0.15) is 232 Å². The standard InChI is InChI=1S/C47H87O8P/c1-3-5-7-9-11-13-15-17-19-21-22-23-24-26-28-30-32-34-36-38-40-42-47(49)55-45(44-54-56(50,51)52)43-53-46(48)41-39-37-35-33-31-29-27-25-20-18-16-14-12-10-8-6-4-2/h15,17-18,20-22,45H,3-14,16,19,23-44H2,1-2H3,(H2,50,51,52)/b17-15-,20-18-,22-21-. The van der Waals surface area contributed by atoms with E-state index in [1.165, 1.54) is 135 Å². The molecule has 328 valence electrons. The summed E-state index contributed by atoms with van der Waals surface area (Å²) in [5.74, 6) is -0.888. The molecule has 0 heterocycles. The van der Waals surface area contributed by atoms with Gasteiger partial charge in [-0.2, -0.15) is 0 Å². The summed E-state index contributed by atoms with van der Waals surface area (Å²) in [6, 6.07) is 0. The second-order valence-corrected chi connectivity index (χ2v) is 17.0. The van der Waals surface area contributed by atoms with Gasteiger partial charge in [0.05, 0.1) is 6.61 Å². The number of carbonyl (C=O) groups is 2. The maximum atomic E-state index is 12.4. The molecule has 0 bridgehead atoms. The zero-order valence-electron chi connectivity index (χ0n) is 36.3. The zero-order valence-corrected chi connectivity index (χ0v) is 37.2. The molecule has 0 aromatic heterocycles. The number of hydrogen-bond donors (Lipinski definition) is 2. The molecular weight excluding hydrogens is 723 g/mol. The number of ether oxygens (including phenoxy) is 2. The Morgan fingerprint density at radius 3 is 1.20 bits per heavy atom. The molecular formula is C47H87O8P. The minimum atomic E-state index is -4.76. The molecule has 0 amide bonds. The monoisotopic (exact) mass is 811 g/mol. The van der Waals surface area contributed by atoms with Gasteiger partial charge < -0.3 is 19.3 Å². The van der Waals surface area contributed by atoms with E-state index in [1.807, 2.05) is 0 Å². The minimum Gasteiger partial charge on any atom is -0.462 e. The van der Waals surface area contributed by atoms with Crippen molar-refractivity contribution in [2.24, 2.45) is 0 Å². The highest BCUT2D eigenvalue weighted by Gasteiger charge is 2.23. The Kier molecular flexibility index (Phi) is 41.5. The first kappa shape index (κ1) is 54.3. The molecule has 9 heteroatoms. The smallest absolute Gasteiger partial charge is 0.462 e. The molecule has 2 N–H and O–H groups in total. The van der Waals surface area contributed by atoms with E-state index >= 15 is 0 Å². The van der Waals surface area contributed by atoms with E-state index in [-0.39, 0.29) is 19.4 Å². The van der Waals surface area contributed by atoms with E-state index in [9.17, 15) is 14.2 Å². The normalized spacial score (nSPS) is 12.7. The third kappa shape index (κ3) is 45.0. The fraction of sp³-hybridized carbons (Fsp3) is 0.830. The summed E-state index contributed by atoms with van der Waals surface area (Å²) in [4.78, 5) is 43.0. The minimum absolute atomic E-state index is 0.207. The number of esters is 2. The highest BCUT2D eigenvalue weighted by Crippen LogP contribution is 2.36. The van der Waals surface area contributed by atoms with Crippen molar-refractivity contribution in [3.63, 3.8) is 0 Å². The topological polar surface area (TPSA) is 119 Å². The molecule has 1 unspecified atom stereocenters. The molecule has 0 aliphatic heterocycles. The largest absolute Gasteiger partial charge is 0.469 e. The lowest BCUT2D eigenvalue weighted by Gasteiger charge is -2.18. The quantitative estimate of drug-likeness (QED) is 0.0270. The molecule has 8 nitrogen and oxygen atoms in total. The average Bonchev–Trinajstić information content (AvgIpc) is 3.17. The molecule has 0 aromatic carbocycles. The van der Waals surface area contributed by atoms with Gasteiger partial charge in [-0.05, 0) is 70.6 Å². The zero-order chi connectivity index (χ0) is 41.1. The summed E-state index contributed by atoms with van der Waals surface area (Å²) < 4.78 is 26.5. The number of hydrogen-bond acceptors (Lipinski definition) is 6. The van der Waals surface area contributed by atoms with Crippen LogP contribution in [-0.4, -0.2) is 41.0 Å². The van der Waals surface area contributed by atoms with Crippen molar-refractivity contribution >= 4 is 19.8 Å². The molecule has 0 fully saturated rings. The van der Waals surface area contributed by atoms with Gasteiger partial charge in [-0.1, -0.05) is 185 Å². The summed E-state index contributed by atoms with van der Waals surface area (Å²) in [6.07, 6.45) is 51.5. The van der Waals surface area contributed by atoms with Crippen molar-refractivity contribution in [1.82, 2.24) is 0 Å². The number of allylic oxidation sites excluding steroid dienone is 6. The Balaban J connectivity index is 3.87. The maximum Gasteiger partial charge on any atom is 0.469 e. The van der Waals surface area contributed by atoms with Crippen molar-refractivity contribution in [2.75, 3.05) is 13.2 Å². The summed E-state index contributed by atoms with van der Waals surface area (Å²) in [6.45, 7) is 3.69. The van der Waals surface area contributed by atoms with Crippen LogP contribution in [0.4, 0.5) is 0 Å². The number of rotatable bonds is 43. The van der Waals surface area contributed by atoms with Crippen LogP contribution in [0.5, 0.6) is 0 Å². The summed E-state index contributed by atoms with van der Waals surface area (Å²) in [5.41, 5.74) is 0. The lowest BCUT2D eigenvalue weighted by atomic mass is 10.1. The van der Waals surface area contributed by atoms with Gasteiger partial charge in [0.2, 0.25) is 0 Å². The lowest BCUT2D eigenvalue weighted by molar-refractivity contribution is -0.161. The van der Waals surface area contributed by atoms with Crippen molar-refractivity contribution in [3.05, 3.63) is 36.5 Å². The van der Waals surface area contributed by atoms with Crippen molar-refractivity contribution < 1.29 is 37.9 Å². The number of phosphoric acid groups is 1. The summed E-state index contributed by atoms with van der Waals surface area (Å²) in [7, 11) is -4.76. The Bertz CT molecular complexity index is 1000. The van der Waals surface area contributed by atoms with Gasteiger partial charge in [0.1, 0.15) is 6.61 Å². The predicted octanol–water partition coefficient (Wildman–Crippen LogP) is 14.5. The Morgan fingerprint density at radius 1 is 0.464 bits per heavy atom. The van der Waals surface area contributed by atoms with Crippen LogP contribution in [-0.2, 0) is 28.2 Å². The Hall–Kier alpha value is -1.73. The number of phosphoric ester groups is 1. The van der Waals surface area contributed by atoms with Gasteiger partial charge in [0.25, 0.3) is 0 Å². The maximum absolute atomic E-state index is 12.4. The number of carbonyl (C=O) groups excluding carboxylic acids is 2. The van der Waals surface area contributed by atoms with Crippen LogP contribution in [0.3, 0.4) is 0 Å². The van der Waals surface area contributed by atoms with E-state index in [1.54, 1.807) is 0 Å². The molecule has 0 saturated heterocycles. The van der Waals surface area contributed by atoms with Crippen molar-refractivity contribution in [1.29, 1.82) is 0 Å². The van der Waals surface area contributed by atoms with Crippen LogP contribution < -0.4 is 0 Å². The van der Waals surface area contributed by atoms with Crippen LogP contribution in [0.2, 0.25) is 0 Å². The predicted molar refractivity (Wildman–Crippen MR) is 235 cm³/mol. The molecule has 0 rings (SSSR count). The molecule has 0 saturated carbocycles. The van der Waals surface area contributed by atoms with Gasteiger partial charge in [-0.15, -0.1) is 0 Å². The van der Waals surface area contributed by atoms with E-state index in [4.69, 9.17) is 19.3 Å². The number of unbranched alkanes of at least 4 members (excludes halogenated alkanes) is 27. The van der Waals surface area contributed by atoms with Crippen LogP contribution >= 0.6 is 7.82 Å². The second kappa shape index (κ2) is 42.9. The third-order valence-electron chi connectivity index (χ3n) is 10.1.